The van der Waals surface area contributed by atoms with Crippen LogP contribution >= 0.6 is 11.8 Å². The average Bonchev–Trinajstić information content (AvgIpc) is 2.74. The zero-order valence-electron chi connectivity index (χ0n) is 9.91. The Kier molecular flexibility index (Phi) is 3.65. The Labute approximate surface area is 108 Å². The van der Waals surface area contributed by atoms with Crippen LogP contribution in [0.15, 0.2) is 32.7 Å². The van der Waals surface area contributed by atoms with E-state index in [0.29, 0.717) is 16.7 Å². The van der Waals surface area contributed by atoms with Gasteiger partial charge in [-0.15, -0.1) is 10.2 Å². The first-order valence-electron chi connectivity index (χ1n) is 5.30. The molecule has 0 radical (unpaired) electrons. The number of aliphatic hydroxyl groups is 1. The number of rotatable bonds is 3. The van der Waals surface area contributed by atoms with Gasteiger partial charge in [0.25, 0.3) is 5.22 Å². The van der Waals surface area contributed by atoms with Crippen LogP contribution in [0, 0.1) is 18.3 Å². The molecule has 0 aliphatic rings. The van der Waals surface area contributed by atoms with Gasteiger partial charge in [-0.05, 0) is 36.4 Å². The molecule has 5 nitrogen and oxygen atoms in total. The van der Waals surface area contributed by atoms with Crippen LogP contribution in [0.1, 0.15) is 30.0 Å². The molecule has 0 saturated carbocycles. The van der Waals surface area contributed by atoms with E-state index in [4.69, 9.17) is 9.68 Å². The SMILES string of the molecule is Cc1nnc(Sc2cc(C#N)ccc2[C@@H](C)O)o1. The molecule has 1 N–H and O–H groups in total. The van der Waals surface area contributed by atoms with Crippen molar-refractivity contribution in [2.45, 2.75) is 30.1 Å². The molecule has 18 heavy (non-hydrogen) atoms. The minimum absolute atomic E-state index is 0.393. The van der Waals surface area contributed by atoms with Crippen molar-refractivity contribution in [3.05, 3.63) is 35.2 Å². The smallest absolute Gasteiger partial charge is 0.281 e. The van der Waals surface area contributed by atoms with Crippen molar-refractivity contribution in [2.24, 2.45) is 0 Å². The maximum absolute atomic E-state index is 9.69. The molecule has 0 aliphatic heterocycles. The van der Waals surface area contributed by atoms with Gasteiger partial charge in [-0.25, -0.2) is 0 Å². The van der Waals surface area contributed by atoms with Gasteiger partial charge >= 0.3 is 0 Å². The molecule has 2 aromatic rings. The molecule has 0 amide bonds. The molecule has 6 heteroatoms. The second-order valence-electron chi connectivity index (χ2n) is 3.73. The summed E-state index contributed by atoms with van der Waals surface area (Å²) in [6.07, 6.45) is -0.621. The van der Waals surface area contributed by atoms with Crippen molar-refractivity contribution in [1.29, 1.82) is 5.26 Å². The highest BCUT2D eigenvalue weighted by Gasteiger charge is 2.13. The highest BCUT2D eigenvalue weighted by molar-refractivity contribution is 7.99. The molecule has 0 fully saturated rings. The first-order chi connectivity index (χ1) is 8.60. The first-order valence-corrected chi connectivity index (χ1v) is 6.12. The molecule has 0 saturated heterocycles. The van der Waals surface area contributed by atoms with Crippen LogP contribution in [0.4, 0.5) is 0 Å². The lowest BCUT2D eigenvalue weighted by atomic mass is 10.1. The van der Waals surface area contributed by atoms with Crippen molar-refractivity contribution in [3.8, 4) is 6.07 Å². The lowest BCUT2D eigenvalue weighted by Gasteiger charge is -2.09. The third kappa shape index (κ3) is 2.70. The Morgan fingerprint density at radius 3 is 2.78 bits per heavy atom. The Morgan fingerprint density at radius 1 is 1.44 bits per heavy atom. The molecular weight excluding hydrogens is 250 g/mol. The second kappa shape index (κ2) is 5.21. The van der Waals surface area contributed by atoms with Crippen LogP contribution in [0.25, 0.3) is 0 Å². The summed E-state index contributed by atoms with van der Waals surface area (Å²) in [6.45, 7) is 3.38. The Bertz CT molecular complexity index is 602. The van der Waals surface area contributed by atoms with Crippen molar-refractivity contribution >= 4 is 11.8 Å². The Morgan fingerprint density at radius 2 is 2.22 bits per heavy atom. The number of hydrogen-bond acceptors (Lipinski definition) is 6. The summed E-state index contributed by atoms with van der Waals surface area (Å²) in [5, 5.41) is 26.6. The molecule has 0 bridgehead atoms. The minimum atomic E-state index is -0.621. The van der Waals surface area contributed by atoms with E-state index in [1.54, 1.807) is 32.0 Å². The number of aromatic nitrogens is 2. The molecule has 2 rings (SSSR count). The van der Waals surface area contributed by atoms with Crippen LogP contribution in [0.2, 0.25) is 0 Å². The van der Waals surface area contributed by atoms with Gasteiger partial charge in [0.1, 0.15) is 0 Å². The van der Waals surface area contributed by atoms with E-state index in [9.17, 15) is 5.11 Å². The average molecular weight is 261 g/mol. The predicted octanol–water partition coefficient (Wildman–Crippen LogP) is 2.45. The van der Waals surface area contributed by atoms with Gasteiger partial charge in [-0.2, -0.15) is 5.26 Å². The summed E-state index contributed by atoms with van der Waals surface area (Å²) in [4.78, 5) is 0.743. The summed E-state index contributed by atoms with van der Waals surface area (Å²) in [5.74, 6) is 0.479. The standard InChI is InChI=1S/C12H11N3O2S/c1-7(16)10-4-3-9(6-13)5-11(10)18-12-15-14-8(2)17-12/h3-5,7,16H,1-2H3/t7-/m1/s1. The van der Waals surface area contributed by atoms with Gasteiger partial charge < -0.3 is 9.52 Å². The normalized spacial score (nSPS) is 12.1. The van der Waals surface area contributed by atoms with E-state index in [2.05, 4.69) is 16.3 Å². The van der Waals surface area contributed by atoms with Gasteiger partial charge in [-0.3, -0.25) is 0 Å². The predicted molar refractivity (Wildman–Crippen MR) is 64.9 cm³/mol. The highest BCUT2D eigenvalue weighted by Crippen LogP contribution is 2.33. The Balaban J connectivity index is 2.38. The fourth-order valence-electron chi connectivity index (χ4n) is 1.45. The van der Waals surface area contributed by atoms with Crippen LogP contribution in [-0.4, -0.2) is 15.3 Å². The first kappa shape index (κ1) is 12.6. The highest BCUT2D eigenvalue weighted by atomic mass is 32.2. The van der Waals surface area contributed by atoms with Gasteiger partial charge in [-0.1, -0.05) is 6.07 Å². The quantitative estimate of drug-likeness (QED) is 0.913. The number of benzene rings is 1. The number of aryl methyl sites for hydroxylation is 1. The molecule has 1 atom stereocenters. The monoisotopic (exact) mass is 261 g/mol. The summed E-state index contributed by atoms with van der Waals surface area (Å²) in [7, 11) is 0. The summed E-state index contributed by atoms with van der Waals surface area (Å²) >= 11 is 1.24. The van der Waals surface area contributed by atoms with Crippen LogP contribution < -0.4 is 0 Å². The molecule has 0 spiro atoms. The zero-order valence-corrected chi connectivity index (χ0v) is 10.7. The van der Waals surface area contributed by atoms with Gasteiger partial charge in [0, 0.05) is 11.8 Å². The molecule has 92 valence electrons. The van der Waals surface area contributed by atoms with E-state index in [-0.39, 0.29) is 0 Å². The number of hydrogen-bond donors (Lipinski definition) is 1. The molecular formula is C12H11N3O2S. The van der Waals surface area contributed by atoms with Gasteiger partial charge in [0.05, 0.1) is 17.7 Å². The summed E-state index contributed by atoms with van der Waals surface area (Å²) < 4.78 is 5.27. The number of nitriles is 1. The maximum Gasteiger partial charge on any atom is 0.281 e. The summed E-state index contributed by atoms with van der Waals surface area (Å²) in [5.41, 5.74) is 1.26. The molecule has 1 heterocycles. The number of nitrogens with zero attached hydrogens (tertiary/aromatic N) is 3. The third-order valence-corrected chi connectivity index (χ3v) is 3.21. The van der Waals surface area contributed by atoms with Crippen molar-refractivity contribution in [3.63, 3.8) is 0 Å². The van der Waals surface area contributed by atoms with E-state index in [0.717, 1.165) is 10.5 Å². The minimum Gasteiger partial charge on any atom is -0.416 e. The van der Waals surface area contributed by atoms with Crippen LogP contribution in [0.3, 0.4) is 0 Å². The zero-order chi connectivity index (χ0) is 13.1. The van der Waals surface area contributed by atoms with Gasteiger partial charge in [0.15, 0.2) is 0 Å². The lowest BCUT2D eigenvalue weighted by molar-refractivity contribution is 0.196. The van der Waals surface area contributed by atoms with Crippen molar-refractivity contribution in [1.82, 2.24) is 10.2 Å². The number of aliphatic hydroxyl groups excluding tert-OH is 1. The van der Waals surface area contributed by atoms with Crippen molar-refractivity contribution < 1.29 is 9.52 Å². The van der Waals surface area contributed by atoms with E-state index in [1.165, 1.54) is 11.8 Å². The van der Waals surface area contributed by atoms with Crippen molar-refractivity contribution in [2.75, 3.05) is 0 Å². The fourth-order valence-corrected chi connectivity index (χ4v) is 2.43. The lowest BCUT2D eigenvalue weighted by Crippen LogP contribution is -1.94. The van der Waals surface area contributed by atoms with Crippen LogP contribution in [-0.2, 0) is 0 Å². The third-order valence-electron chi connectivity index (χ3n) is 2.30. The maximum atomic E-state index is 9.69. The molecule has 0 aliphatic carbocycles. The fraction of sp³-hybridized carbons (Fsp3) is 0.250. The molecule has 1 aromatic heterocycles. The van der Waals surface area contributed by atoms with Gasteiger partial charge in [0.2, 0.25) is 5.89 Å². The molecule has 1 aromatic carbocycles. The van der Waals surface area contributed by atoms with Crippen LogP contribution in [0.5, 0.6) is 0 Å². The largest absolute Gasteiger partial charge is 0.416 e. The van der Waals surface area contributed by atoms with E-state index >= 15 is 0 Å². The van der Waals surface area contributed by atoms with E-state index < -0.39 is 6.10 Å². The van der Waals surface area contributed by atoms with E-state index in [1.807, 2.05) is 0 Å². The second-order valence-corrected chi connectivity index (χ2v) is 4.72. The molecule has 0 unspecified atom stereocenters. The Hall–Kier alpha value is -1.84. The summed E-state index contributed by atoms with van der Waals surface area (Å²) in [6, 6.07) is 7.17. The topological polar surface area (TPSA) is 82.9 Å².